The standard InChI is InChI=1S/C11H13BrN4O/c1-8-7-9(2)16(13-8)10-3-4-11(17)15(14-10)6-5-12/h3-4,7H,5-6H2,1-2H3. The molecule has 0 radical (unpaired) electrons. The fourth-order valence-electron chi connectivity index (χ4n) is 1.65. The summed E-state index contributed by atoms with van der Waals surface area (Å²) >= 11 is 3.30. The van der Waals surface area contributed by atoms with Crippen LogP contribution in [0, 0.1) is 13.8 Å². The Morgan fingerprint density at radius 2 is 2.06 bits per heavy atom. The minimum atomic E-state index is -0.102. The smallest absolute Gasteiger partial charge is 0.266 e. The first-order valence-corrected chi connectivity index (χ1v) is 6.42. The number of rotatable bonds is 3. The highest BCUT2D eigenvalue weighted by atomic mass is 79.9. The topological polar surface area (TPSA) is 52.7 Å². The fourth-order valence-corrected chi connectivity index (χ4v) is 1.99. The van der Waals surface area contributed by atoms with E-state index in [0.29, 0.717) is 17.7 Å². The maximum atomic E-state index is 11.5. The van der Waals surface area contributed by atoms with E-state index in [1.807, 2.05) is 19.9 Å². The van der Waals surface area contributed by atoms with Crippen molar-refractivity contribution in [2.24, 2.45) is 0 Å². The second kappa shape index (κ2) is 4.83. The van der Waals surface area contributed by atoms with Crippen molar-refractivity contribution in [3.63, 3.8) is 0 Å². The molecule has 2 aromatic heterocycles. The number of aromatic nitrogens is 4. The van der Waals surface area contributed by atoms with Crippen LogP contribution in [0.2, 0.25) is 0 Å². The van der Waals surface area contributed by atoms with Gasteiger partial charge in [-0.3, -0.25) is 4.79 Å². The lowest BCUT2D eigenvalue weighted by atomic mass is 10.4. The Morgan fingerprint density at radius 1 is 1.29 bits per heavy atom. The molecule has 6 heteroatoms. The minimum Gasteiger partial charge on any atom is -0.268 e. The van der Waals surface area contributed by atoms with Crippen molar-refractivity contribution in [3.8, 4) is 5.82 Å². The largest absolute Gasteiger partial charge is 0.268 e. The molecule has 0 bridgehead atoms. The summed E-state index contributed by atoms with van der Waals surface area (Å²) in [6.45, 7) is 4.44. The van der Waals surface area contributed by atoms with Gasteiger partial charge in [0.1, 0.15) is 0 Å². The molecule has 0 aliphatic rings. The SMILES string of the molecule is Cc1cc(C)n(-c2ccc(=O)n(CCBr)n2)n1. The first-order chi connectivity index (χ1) is 8.11. The Morgan fingerprint density at radius 3 is 2.65 bits per heavy atom. The number of hydrogen-bond donors (Lipinski definition) is 0. The van der Waals surface area contributed by atoms with Crippen molar-refractivity contribution in [1.82, 2.24) is 19.6 Å². The summed E-state index contributed by atoms with van der Waals surface area (Å²) in [5, 5.41) is 9.31. The molecule has 0 saturated carbocycles. The van der Waals surface area contributed by atoms with Gasteiger partial charge in [0.25, 0.3) is 5.56 Å². The number of halogens is 1. The summed E-state index contributed by atoms with van der Waals surface area (Å²) in [5.41, 5.74) is 1.83. The third-order valence-corrected chi connectivity index (χ3v) is 2.73. The van der Waals surface area contributed by atoms with Gasteiger partial charge >= 0.3 is 0 Å². The highest BCUT2D eigenvalue weighted by Gasteiger charge is 2.06. The molecular formula is C11H13BrN4O. The molecule has 2 heterocycles. The van der Waals surface area contributed by atoms with Crippen molar-refractivity contribution in [2.75, 3.05) is 5.33 Å². The summed E-state index contributed by atoms with van der Waals surface area (Å²) < 4.78 is 3.17. The number of nitrogens with zero attached hydrogens (tertiary/aromatic N) is 4. The summed E-state index contributed by atoms with van der Waals surface area (Å²) in [6, 6.07) is 5.18. The molecule has 0 spiro atoms. The molecule has 2 aromatic rings. The van der Waals surface area contributed by atoms with Gasteiger partial charge in [-0.15, -0.1) is 5.10 Å². The lowest BCUT2D eigenvalue weighted by molar-refractivity contribution is 0.602. The van der Waals surface area contributed by atoms with Crippen molar-refractivity contribution in [1.29, 1.82) is 0 Å². The van der Waals surface area contributed by atoms with E-state index in [9.17, 15) is 4.79 Å². The first-order valence-electron chi connectivity index (χ1n) is 5.29. The Labute approximate surface area is 107 Å². The van der Waals surface area contributed by atoms with Crippen LogP contribution < -0.4 is 5.56 Å². The zero-order valence-electron chi connectivity index (χ0n) is 9.72. The van der Waals surface area contributed by atoms with Crippen LogP contribution in [-0.2, 0) is 6.54 Å². The van der Waals surface area contributed by atoms with Crippen LogP contribution in [0.3, 0.4) is 0 Å². The third kappa shape index (κ3) is 2.46. The van der Waals surface area contributed by atoms with Crippen LogP contribution in [0.5, 0.6) is 0 Å². The van der Waals surface area contributed by atoms with Crippen molar-refractivity contribution in [2.45, 2.75) is 20.4 Å². The van der Waals surface area contributed by atoms with E-state index in [2.05, 4.69) is 26.1 Å². The number of alkyl halides is 1. The highest BCUT2D eigenvalue weighted by Crippen LogP contribution is 2.07. The summed E-state index contributed by atoms with van der Waals surface area (Å²) in [5.74, 6) is 0.663. The predicted octanol–water partition coefficient (Wildman–Crippen LogP) is 1.44. The number of aryl methyl sites for hydroxylation is 3. The van der Waals surface area contributed by atoms with E-state index in [0.717, 1.165) is 11.4 Å². The van der Waals surface area contributed by atoms with E-state index in [4.69, 9.17) is 0 Å². The van der Waals surface area contributed by atoms with Crippen LogP contribution in [0.1, 0.15) is 11.4 Å². The molecule has 0 saturated heterocycles. The average Bonchev–Trinajstić information content (AvgIpc) is 2.61. The normalized spacial score (nSPS) is 10.8. The quantitative estimate of drug-likeness (QED) is 0.806. The van der Waals surface area contributed by atoms with Crippen molar-refractivity contribution in [3.05, 3.63) is 39.9 Å². The molecule has 0 aliphatic carbocycles. The second-order valence-electron chi connectivity index (χ2n) is 3.78. The average molecular weight is 297 g/mol. The van der Waals surface area contributed by atoms with Crippen molar-refractivity contribution < 1.29 is 0 Å². The van der Waals surface area contributed by atoms with Gasteiger partial charge in [-0.1, -0.05) is 15.9 Å². The van der Waals surface area contributed by atoms with Crippen LogP contribution in [0.15, 0.2) is 23.0 Å². The molecule has 2 rings (SSSR count). The summed E-state index contributed by atoms with van der Waals surface area (Å²) in [4.78, 5) is 11.5. The van der Waals surface area contributed by atoms with Gasteiger partial charge in [0, 0.05) is 17.1 Å². The van der Waals surface area contributed by atoms with Gasteiger partial charge in [-0.25, -0.2) is 9.36 Å². The Hall–Kier alpha value is -1.43. The monoisotopic (exact) mass is 296 g/mol. The van der Waals surface area contributed by atoms with E-state index in [1.54, 1.807) is 10.7 Å². The zero-order chi connectivity index (χ0) is 12.4. The van der Waals surface area contributed by atoms with Gasteiger partial charge in [-0.2, -0.15) is 5.10 Å². The molecule has 0 unspecified atom stereocenters. The lowest BCUT2D eigenvalue weighted by Gasteiger charge is -2.06. The van der Waals surface area contributed by atoms with Gasteiger partial charge < -0.3 is 0 Å². The lowest BCUT2D eigenvalue weighted by Crippen LogP contribution is -2.24. The second-order valence-corrected chi connectivity index (χ2v) is 4.57. The zero-order valence-corrected chi connectivity index (χ0v) is 11.3. The molecule has 0 aromatic carbocycles. The van der Waals surface area contributed by atoms with Gasteiger partial charge in [-0.05, 0) is 26.0 Å². The van der Waals surface area contributed by atoms with Gasteiger partial charge in [0.15, 0.2) is 5.82 Å². The summed E-state index contributed by atoms with van der Waals surface area (Å²) in [7, 11) is 0. The molecule has 0 amide bonds. The molecule has 0 atom stereocenters. The fraction of sp³-hybridized carbons (Fsp3) is 0.364. The Balaban J connectivity index is 2.49. The van der Waals surface area contributed by atoms with Crippen LogP contribution in [0.25, 0.3) is 5.82 Å². The molecule has 5 nitrogen and oxygen atoms in total. The van der Waals surface area contributed by atoms with E-state index in [-0.39, 0.29) is 5.56 Å². The predicted molar refractivity (Wildman–Crippen MR) is 68.9 cm³/mol. The maximum absolute atomic E-state index is 11.5. The minimum absolute atomic E-state index is 0.102. The maximum Gasteiger partial charge on any atom is 0.266 e. The van der Waals surface area contributed by atoms with E-state index >= 15 is 0 Å². The molecule has 90 valence electrons. The molecule has 0 aliphatic heterocycles. The Kier molecular flexibility index (Phi) is 3.42. The van der Waals surface area contributed by atoms with Crippen LogP contribution >= 0.6 is 15.9 Å². The number of hydrogen-bond acceptors (Lipinski definition) is 3. The molecule has 17 heavy (non-hydrogen) atoms. The van der Waals surface area contributed by atoms with Gasteiger partial charge in [0.05, 0.1) is 12.2 Å². The van der Waals surface area contributed by atoms with Crippen LogP contribution in [-0.4, -0.2) is 24.9 Å². The highest BCUT2D eigenvalue weighted by molar-refractivity contribution is 9.09. The first kappa shape index (κ1) is 12.0. The van der Waals surface area contributed by atoms with Crippen molar-refractivity contribution >= 4 is 15.9 Å². The Bertz CT molecular complexity index is 587. The molecule has 0 fully saturated rings. The third-order valence-electron chi connectivity index (χ3n) is 2.38. The van der Waals surface area contributed by atoms with E-state index < -0.39 is 0 Å². The van der Waals surface area contributed by atoms with E-state index in [1.165, 1.54) is 10.7 Å². The molecule has 0 N–H and O–H groups in total. The molecular weight excluding hydrogens is 284 g/mol. The van der Waals surface area contributed by atoms with Gasteiger partial charge in [0.2, 0.25) is 0 Å². The van der Waals surface area contributed by atoms with Crippen LogP contribution in [0.4, 0.5) is 0 Å². The summed E-state index contributed by atoms with van der Waals surface area (Å²) in [6.07, 6.45) is 0.